The van der Waals surface area contributed by atoms with Crippen molar-refractivity contribution in [2.45, 2.75) is 58.0 Å². The summed E-state index contributed by atoms with van der Waals surface area (Å²) in [6.07, 6.45) is 7.85. The van der Waals surface area contributed by atoms with E-state index in [-0.39, 0.29) is 18.7 Å². The highest BCUT2D eigenvalue weighted by atomic mass is 79.9. The van der Waals surface area contributed by atoms with Crippen LogP contribution < -0.4 is 4.74 Å². The maximum absolute atomic E-state index is 12.1. The van der Waals surface area contributed by atoms with E-state index in [0.29, 0.717) is 12.0 Å². The number of unbranched alkanes of at least 4 members (excludes halogenated alkanes) is 5. The molecule has 0 saturated carbocycles. The van der Waals surface area contributed by atoms with Crippen LogP contribution in [-0.2, 0) is 9.57 Å². The molecule has 31 heavy (non-hydrogen) atoms. The minimum absolute atomic E-state index is 0.168. The van der Waals surface area contributed by atoms with Gasteiger partial charge in [-0.05, 0) is 60.5 Å². The molecular formula is C25H30BrNO4. The average Bonchev–Trinajstić information content (AvgIpc) is 3.27. The summed E-state index contributed by atoms with van der Waals surface area (Å²) in [7, 11) is 0. The van der Waals surface area contributed by atoms with Crippen molar-refractivity contribution in [3.05, 3.63) is 64.1 Å². The number of hydrogen-bond donors (Lipinski definition) is 0. The molecule has 6 heteroatoms. The fourth-order valence-corrected chi connectivity index (χ4v) is 3.61. The third kappa shape index (κ3) is 7.69. The van der Waals surface area contributed by atoms with E-state index < -0.39 is 0 Å². The molecule has 2 aromatic carbocycles. The number of halogens is 1. The molecule has 2 aromatic rings. The van der Waals surface area contributed by atoms with Crippen molar-refractivity contribution >= 4 is 27.6 Å². The van der Waals surface area contributed by atoms with Crippen molar-refractivity contribution in [2.75, 3.05) is 13.2 Å². The van der Waals surface area contributed by atoms with Gasteiger partial charge in [-0.25, -0.2) is 4.79 Å². The SMILES string of the molecule is CCCCCCCCOc1ccc(C2=NOC(COC(=O)c3ccc(Br)cc3)C2)cc1. The summed E-state index contributed by atoms with van der Waals surface area (Å²) in [4.78, 5) is 17.6. The number of benzene rings is 2. The van der Waals surface area contributed by atoms with E-state index in [9.17, 15) is 4.79 Å². The molecule has 5 nitrogen and oxygen atoms in total. The quantitative estimate of drug-likeness (QED) is 0.252. The second kappa shape index (κ2) is 12.5. The average molecular weight is 488 g/mol. The molecule has 0 radical (unpaired) electrons. The van der Waals surface area contributed by atoms with Crippen molar-refractivity contribution in [3.8, 4) is 5.75 Å². The molecule has 0 bridgehead atoms. The van der Waals surface area contributed by atoms with Crippen LogP contribution in [0.4, 0.5) is 0 Å². The zero-order valence-corrected chi connectivity index (χ0v) is 19.6. The van der Waals surface area contributed by atoms with Crippen LogP contribution in [0.1, 0.15) is 67.8 Å². The molecule has 166 valence electrons. The van der Waals surface area contributed by atoms with E-state index >= 15 is 0 Å². The van der Waals surface area contributed by atoms with Crippen LogP contribution in [0.3, 0.4) is 0 Å². The van der Waals surface area contributed by atoms with Gasteiger partial charge in [-0.1, -0.05) is 60.1 Å². The predicted molar refractivity (Wildman–Crippen MR) is 126 cm³/mol. The first-order valence-corrected chi connectivity index (χ1v) is 11.8. The van der Waals surface area contributed by atoms with Crippen LogP contribution >= 0.6 is 15.9 Å². The van der Waals surface area contributed by atoms with Crippen molar-refractivity contribution in [2.24, 2.45) is 5.16 Å². The molecule has 1 aliphatic rings. The van der Waals surface area contributed by atoms with E-state index in [0.717, 1.165) is 34.5 Å². The zero-order valence-electron chi connectivity index (χ0n) is 18.0. The molecule has 0 amide bonds. The van der Waals surface area contributed by atoms with Gasteiger partial charge >= 0.3 is 5.97 Å². The number of carbonyl (C=O) groups is 1. The highest BCUT2D eigenvalue weighted by molar-refractivity contribution is 9.10. The molecule has 0 aliphatic carbocycles. The Morgan fingerprint density at radius 3 is 2.48 bits per heavy atom. The van der Waals surface area contributed by atoms with Gasteiger partial charge in [-0.2, -0.15) is 0 Å². The second-order valence-corrected chi connectivity index (χ2v) is 8.63. The van der Waals surface area contributed by atoms with Gasteiger partial charge in [0.05, 0.1) is 17.9 Å². The summed E-state index contributed by atoms with van der Waals surface area (Å²) in [5, 5.41) is 4.17. The van der Waals surface area contributed by atoms with E-state index in [2.05, 4.69) is 28.0 Å². The van der Waals surface area contributed by atoms with Crippen LogP contribution in [0, 0.1) is 0 Å². The monoisotopic (exact) mass is 487 g/mol. The van der Waals surface area contributed by atoms with Gasteiger partial charge in [-0.3, -0.25) is 0 Å². The largest absolute Gasteiger partial charge is 0.494 e. The predicted octanol–water partition coefficient (Wildman–Crippen LogP) is 6.54. The highest BCUT2D eigenvalue weighted by Gasteiger charge is 2.24. The highest BCUT2D eigenvalue weighted by Crippen LogP contribution is 2.20. The van der Waals surface area contributed by atoms with E-state index in [4.69, 9.17) is 14.3 Å². The number of rotatable bonds is 12. The lowest BCUT2D eigenvalue weighted by atomic mass is 10.1. The molecule has 0 aromatic heterocycles. The van der Waals surface area contributed by atoms with Crippen LogP contribution in [0.2, 0.25) is 0 Å². The Morgan fingerprint density at radius 1 is 1.03 bits per heavy atom. The van der Waals surface area contributed by atoms with Crippen molar-refractivity contribution in [1.29, 1.82) is 0 Å². The van der Waals surface area contributed by atoms with Crippen LogP contribution in [0.25, 0.3) is 0 Å². The Morgan fingerprint density at radius 2 is 1.74 bits per heavy atom. The first kappa shape index (κ1) is 23.3. The number of hydrogen-bond acceptors (Lipinski definition) is 5. The minimum atomic E-state index is -0.364. The second-order valence-electron chi connectivity index (χ2n) is 7.72. The lowest BCUT2D eigenvalue weighted by Crippen LogP contribution is -2.19. The van der Waals surface area contributed by atoms with E-state index in [1.807, 2.05) is 36.4 Å². The summed E-state index contributed by atoms with van der Waals surface area (Å²) in [5.41, 5.74) is 2.36. The molecule has 0 saturated heterocycles. The number of carbonyl (C=O) groups excluding carboxylic acids is 1. The Labute approximate surface area is 192 Å². The number of ether oxygens (including phenoxy) is 2. The van der Waals surface area contributed by atoms with Gasteiger partial charge in [0.25, 0.3) is 0 Å². The number of esters is 1. The fraction of sp³-hybridized carbons (Fsp3) is 0.440. The zero-order chi connectivity index (χ0) is 21.9. The standard InChI is InChI=1S/C25H30BrNO4/c1-2-3-4-5-6-7-16-29-22-14-10-19(11-15-22)24-17-23(31-27-24)18-30-25(28)20-8-12-21(26)13-9-20/h8-15,23H,2-7,16-18H2,1H3. The molecule has 1 atom stereocenters. The summed E-state index contributed by atoms with van der Waals surface area (Å²) in [5.74, 6) is 0.508. The molecule has 0 spiro atoms. The lowest BCUT2D eigenvalue weighted by Gasteiger charge is -2.09. The van der Waals surface area contributed by atoms with Crippen LogP contribution in [-0.4, -0.2) is 31.0 Å². The Hall–Kier alpha value is -2.34. The third-order valence-corrected chi connectivity index (χ3v) is 5.70. The third-order valence-electron chi connectivity index (χ3n) is 5.17. The maximum Gasteiger partial charge on any atom is 0.338 e. The lowest BCUT2D eigenvalue weighted by molar-refractivity contribution is 0.00686. The van der Waals surface area contributed by atoms with Gasteiger partial charge in [0.1, 0.15) is 12.4 Å². The smallest absolute Gasteiger partial charge is 0.338 e. The maximum atomic E-state index is 12.1. The summed E-state index contributed by atoms with van der Waals surface area (Å²) in [6, 6.07) is 15.0. The molecular weight excluding hydrogens is 458 g/mol. The van der Waals surface area contributed by atoms with Gasteiger partial charge in [-0.15, -0.1) is 0 Å². The topological polar surface area (TPSA) is 57.1 Å². The fourth-order valence-electron chi connectivity index (χ4n) is 3.34. The molecule has 0 N–H and O–H groups in total. The van der Waals surface area contributed by atoms with Crippen LogP contribution in [0.5, 0.6) is 5.75 Å². The summed E-state index contributed by atoms with van der Waals surface area (Å²) >= 11 is 3.35. The molecule has 1 unspecified atom stereocenters. The van der Waals surface area contributed by atoms with Gasteiger partial charge in [0.15, 0.2) is 6.10 Å². The van der Waals surface area contributed by atoms with Crippen molar-refractivity contribution in [1.82, 2.24) is 0 Å². The molecule has 0 fully saturated rings. The first-order chi connectivity index (χ1) is 15.2. The van der Waals surface area contributed by atoms with E-state index in [1.54, 1.807) is 12.1 Å². The number of nitrogens with zero attached hydrogens (tertiary/aromatic N) is 1. The Bertz CT molecular complexity index is 849. The normalized spacial score (nSPS) is 15.3. The molecule has 3 rings (SSSR count). The van der Waals surface area contributed by atoms with Crippen molar-refractivity contribution < 1.29 is 19.1 Å². The van der Waals surface area contributed by atoms with Gasteiger partial charge in [0.2, 0.25) is 0 Å². The minimum Gasteiger partial charge on any atom is -0.494 e. The van der Waals surface area contributed by atoms with Gasteiger partial charge < -0.3 is 14.3 Å². The number of oxime groups is 1. The van der Waals surface area contributed by atoms with Crippen LogP contribution in [0.15, 0.2) is 58.2 Å². The summed E-state index contributed by atoms with van der Waals surface area (Å²) in [6.45, 7) is 3.15. The molecule has 1 heterocycles. The van der Waals surface area contributed by atoms with Gasteiger partial charge in [0, 0.05) is 10.9 Å². The molecule has 1 aliphatic heterocycles. The van der Waals surface area contributed by atoms with Crippen molar-refractivity contribution in [3.63, 3.8) is 0 Å². The summed E-state index contributed by atoms with van der Waals surface area (Å²) < 4.78 is 12.1. The Balaban J connectivity index is 1.36. The van der Waals surface area contributed by atoms with E-state index in [1.165, 1.54) is 32.1 Å². The Kier molecular flexibility index (Phi) is 9.40. The first-order valence-electron chi connectivity index (χ1n) is 11.0.